The number of halogens is 1. The molecule has 4 aliphatic heterocycles. The van der Waals surface area contributed by atoms with E-state index in [1.165, 1.54) is 0 Å². The quantitative estimate of drug-likeness (QED) is 0.305. The van der Waals surface area contributed by atoms with E-state index in [0.717, 1.165) is 87.6 Å². The topological polar surface area (TPSA) is 155 Å². The predicted octanol–water partition coefficient (Wildman–Crippen LogP) is 4.77. The summed E-state index contributed by atoms with van der Waals surface area (Å²) in [6.07, 6.45) is 4.63. The summed E-state index contributed by atoms with van der Waals surface area (Å²) in [5, 5.41) is 15.0. The van der Waals surface area contributed by atoms with Gasteiger partial charge in [0.25, 0.3) is 17.7 Å². The van der Waals surface area contributed by atoms with Crippen LogP contribution in [0.4, 0.5) is 11.4 Å². The van der Waals surface area contributed by atoms with Crippen molar-refractivity contribution < 1.29 is 28.7 Å². The van der Waals surface area contributed by atoms with Crippen LogP contribution in [-0.4, -0.2) is 103 Å². The number of carbonyl (C=O) groups is 5. The molecule has 3 aromatic rings. The summed E-state index contributed by atoms with van der Waals surface area (Å²) in [6.45, 7) is 7.48. The van der Waals surface area contributed by atoms with Gasteiger partial charge in [-0.25, -0.2) is 0 Å². The van der Waals surface area contributed by atoms with Gasteiger partial charge in [0.15, 0.2) is 0 Å². The van der Waals surface area contributed by atoms with Gasteiger partial charge in [-0.05, 0) is 99.0 Å². The highest BCUT2D eigenvalue weighted by molar-refractivity contribution is 6.31. The zero-order valence-electron chi connectivity index (χ0n) is 31.9. The van der Waals surface area contributed by atoms with Crippen LogP contribution in [0.3, 0.4) is 0 Å². The molecule has 0 bridgehead atoms. The van der Waals surface area contributed by atoms with Crippen molar-refractivity contribution in [1.29, 1.82) is 5.26 Å². The van der Waals surface area contributed by atoms with E-state index in [1.807, 2.05) is 30.3 Å². The highest BCUT2D eigenvalue weighted by atomic mass is 35.5. The molecule has 14 heteroatoms. The van der Waals surface area contributed by atoms with Crippen LogP contribution in [0.15, 0.2) is 60.7 Å². The Kier molecular flexibility index (Phi) is 10.9. The van der Waals surface area contributed by atoms with Gasteiger partial charge in [-0.15, -0.1) is 0 Å². The van der Waals surface area contributed by atoms with Gasteiger partial charge in [0.1, 0.15) is 24.0 Å². The number of nitriles is 1. The van der Waals surface area contributed by atoms with E-state index >= 15 is 0 Å². The standard InChI is InChI=1S/C43H46ClN7O6/c1-26-22-29(5-12-38(26)57-33-9-4-28(25-45)36(44)24-33)46-40(53)27-2-6-30(7-3-27)49-18-20-50(21-19-49)31-14-16-48(17-15-31)32-8-10-34-35(23-32)43(56)51(42(34)55)37-11-13-39(52)47-41(37)54/h2-4,6-10,23-24,26,29,31,37-38H,5,11-22H2,1H3,(H,46,53)(H,47,52,54)/t26-,29-,37?,38-/m0/s1. The van der Waals surface area contributed by atoms with Crippen LogP contribution in [0.5, 0.6) is 5.75 Å². The molecule has 1 aliphatic carbocycles. The SMILES string of the molecule is C[C@H]1C[C@@H](NC(=O)c2ccc(N3CCN(C4CCN(c5ccc6c(c5)C(=O)N(C5CCC(=O)NC5=O)C6=O)CC4)CC3)cc2)CC[C@@H]1Oc1ccc(C#N)c(Cl)c1. The van der Waals surface area contributed by atoms with Crippen LogP contribution < -0.4 is 25.2 Å². The maximum absolute atomic E-state index is 13.3. The average molecular weight is 792 g/mol. The van der Waals surface area contributed by atoms with Crippen molar-refractivity contribution in [2.45, 2.75) is 76.1 Å². The number of imide groups is 2. The molecule has 5 amide bonds. The molecule has 3 saturated heterocycles. The smallest absolute Gasteiger partial charge is 0.262 e. The molecular weight excluding hydrogens is 746 g/mol. The summed E-state index contributed by atoms with van der Waals surface area (Å²) in [5.74, 6) is -1.16. The van der Waals surface area contributed by atoms with Gasteiger partial charge in [-0.1, -0.05) is 18.5 Å². The van der Waals surface area contributed by atoms with Crippen LogP contribution >= 0.6 is 11.6 Å². The number of piperidine rings is 2. The largest absolute Gasteiger partial charge is 0.490 e. The van der Waals surface area contributed by atoms with Gasteiger partial charge in [0, 0.05) is 80.8 Å². The summed E-state index contributed by atoms with van der Waals surface area (Å²) in [5.41, 5.74) is 3.66. The zero-order chi connectivity index (χ0) is 39.8. The molecule has 4 atom stereocenters. The van der Waals surface area contributed by atoms with E-state index in [-0.39, 0.29) is 36.8 Å². The number of hydrogen-bond donors (Lipinski definition) is 2. The molecule has 2 N–H and O–H groups in total. The molecule has 4 heterocycles. The Morgan fingerprint density at radius 2 is 1.53 bits per heavy atom. The van der Waals surface area contributed by atoms with E-state index in [9.17, 15) is 24.0 Å². The Balaban J connectivity index is 0.779. The van der Waals surface area contributed by atoms with Crippen molar-refractivity contribution in [2.75, 3.05) is 49.1 Å². The van der Waals surface area contributed by atoms with Gasteiger partial charge in [-0.3, -0.25) is 39.1 Å². The summed E-state index contributed by atoms with van der Waals surface area (Å²) in [6, 6.07) is 20.0. The van der Waals surface area contributed by atoms with Crippen molar-refractivity contribution in [3.63, 3.8) is 0 Å². The van der Waals surface area contributed by atoms with Crippen LogP contribution in [-0.2, 0) is 9.59 Å². The lowest BCUT2D eigenvalue weighted by molar-refractivity contribution is -0.136. The summed E-state index contributed by atoms with van der Waals surface area (Å²) < 4.78 is 6.21. The normalized spacial score (nSPS) is 24.5. The minimum Gasteiger partial charge on any atom is -0.490 e. The van der Waals surface area contributed by atoms with Crippen LogP contribution in [0.1, 0.15) is 88.5 Å². The maximum Gasteiger partial charge on any atom is 0.262 e. The number of anilines is 2. The van der Waals surface area contributed by atoms with Crippen molar-refractivity contribution in [1.82, 2.24) is 20.4 Å². The molecule has 0 radical (unpaired) electrons. The second-order valence-corrected chi connectivity index (χ2v) is 16.2. The Hall–Kier alpha value is -5.45. The molecule has 8 rings (SSSR count). The number of ether oxygens (including phenoxy) is 1. The van der Waals surface area contributed by atoms with Gasteiger partial charge in [-0.2, -0.15) is 5.26 Å². The Morgan fingerprint density at radius 1 is 0.825 bits per heavy atom. The maximum atomic E-state index is 13.3. The Bertz CT molecular complexity index is 2120. The van der Waals surface area contributed by atoms with Gasteiger partial charge in [0.05, 0.1) is 21.7 Å². The van der Waals surface area contributed by atoms with Crippen molar-refractivity contribution in [2.24, 2.45) is 5.92 Å². The number of carbonyl (C=O) groups excluding carboxylic acids is 5. The number of fused-ring (bicyclic) bond motifs is 1. The number of amides is 5. The van der Waals surface area contributed by atoms with E-state index in [0.29, 0.717) is 39.1 Å². The van der Waals surface area contributed by atoms with Crippen LogP contribution in [0.25, 0.3) is 0 Å². The monoisotopic (exact) mass is 791 g/mol. The highest BCUT2D eigenvalue weighted by Crippen LogP contribution is 2.33. The first-order chi connectivity index (χ1) is 27.6. The number of nitrogens with zero attached hydrogens (tertiary/aromatic N) is 5. The minimum absolute atomic E-state index is 0.00948. The van der Waals surface area contributed by atoms with Crippen molar-refractivity contribution in [3.8, 4) is 11.8 Å². The number of benzene rings is 3. The molecule has 1 saturated carbocycles. The fourth-order valence-electron chi connectivity index (χ4n) is 9.09. The molecular formula is C43H46ClN7O6. The summed E-state index contributed by atoms with van der Waals surface area (Å²) >= 11 is 6.19. The van der Waals surface area contributed by atoms with E-state index in [4.69, 9.17) is 21.6 Å². The third-order valence-electron chi connectivity index (χ3n) is 12.4. The molecule has 57 heavy (non-hydrogen) atoms. The summed E-state index contributed by atoms with van der Waals surface area (Å²) in [7, 11) is 0. The van der Waals surface area contributed by atoms with Crippen LogP contribution in [0.2, 0.25) is 5.02 Å². The minimum atomic E-state index is -0.974. The fourth-order valence-corrected chi connectivity index (χ4v) is 9.30. The van der Waals surface area contributed by atoms with E-state index < -0.39 is 29.7 Å². The molecule has 0 spiro atoms. The zero-order valence-corrected chi connectivity index (χ0v) is 32.7. The molecule has 296 valence electrons. The third kappa shape index (κ3) is 7.93. The second-order valence-electron chi connectivity index (χ2n) is 15.8. The lowest BCUT2D eigenvalue weighted by atomic mass is 9.84. The lowest BCUT2D eigenvalue weighted by Crippen LogP contribution is -2.54. The Morgan fingerprint density at radius 3 is 2.21 bits per heavy atom. The van der Waals surface area contributed by atoms with E-state index in [1.54, 1.807) is 30.3 Å². The van der Waals surface area contributed by atoms with Crippen molar-refractivity contribution >= 4 is 52.5 Å². The molecule has 5 aliphatic rings. The first kappa shape index (κ1) is 38.4. The molecule has 13 nitrogen and oxygen atoms in total. The average Bonchev–Trinajstić information content (AvgIpc) is 3.47. The number of rotatable bonds is 8. The third-order valence-corrected chi connectivity index (χ3v) is 12.7. The molecule has 3 aromatic carbocycles. The van der Waals surface area contributed by atoms with Gasteiger partial charge < -0.3 is 19.9 Å². The lowest BCUT2D eigenvalue weighted by Gasteiger charge is -2.44. The number of nitrogens with one attached hydrogen (secondary N) is 2. The highest BCUT2D eigenvalue weighted by Gasteiger charge is 2.45. The Labute approximate surface area is 336 Å². The predicted molar refractivity (Wildman–Crippen MR) is 213 cm³/mol. The number of hydrogen-bond acceptors (Lipinski definition) is 10. The molecule has 1 unspecified atom stereocenters. The first-order valence-electron chi connectivity index (χ1n) is 19.9. The van der Waals surface area contributed by atoms with E-state index in [2.05, 4.69) is 38.3 Å². The fraction of sp³-hybridized carbons (Fsp3) is 0.442. The first-order valence-corrected chi connectivity index (χ1v) is 20.3. The second kappa shape index (κ2) is 16.2. The van der Waals surface area contributed by atoms with Crippen LogP contribution in [0, 0.1) is 17.2 Å². The number of piperazine rings is 1. The van der Waals surface area contributed by atoms with Crippen molar-refractivity contribution in [3.05, 3.63) is 87.9 Å². The van der Waals surface area contributed by atoms with Gasteiger partial charge >= 0.3 is 0 Å². The van der Waals surface area contributed by atoms with Gasteiger partial charge in [0.2, 0.25) is 11.8 Å². The molecule has 4 fully saturated rings. The summed E-state index contributed by atoms with van der Waals surface area (Å²) in [4.78, 5) is 72.0. The molecule has 0 aromatic heterocycles.